The third-order valence-electron chi connectivity index (χ3n) is 5.73. The Morgan fingerprint density at radius 2 is 1.73 bits per heavy atom. The van der Waals surface area contributed by atoms with E-state index in [0.29, 0.717) is 19.7 Å². The van der Waals surface area contributed by atoms with Gasteiger partial charge in [0.2, 0.25) is 5.91 Å². The first-order valence-corrected chi connectivity index (χ1v) is 11.0. The normalized spacial score (nSPS) is 15.0. The number of ether oxygens (including phenoxy) is 3. The molecule has 0 bridgehead atoms. The minimum absolute atomic E-state index is 0. The highest BCUT2D eigenvalue weighted by Crippen LogP contribution is 2.32. The summed E-state index contributed by atoms with van der Waals surface area (Å²) in [5.74, 6) is 2.36. The SMILES string of the molecule is CN=C(NCC(C)(C)c1ccc(OC)c(OC)c1)N1CCN(CC(=O)NCCOC)CC1.I. The van der Waals surface area contributed by atoms with Crippen molar-refractivity contribution in [2.45, 2.75) is 19.3 Å². The first kappa shape index (κ1) is 29.2. The standard InChI is InChI=1S/C23H39N5O4.HI/c1-23(2,18-7-8-19(31-5)20(15-18)32-6)17-26-22(24-3)28-12-10-27(11-13-28)16-21(29)25-9-14-30-4;/h7-8,15H,9-14,16-17H2,1-6H3,(H,24,26)(H,25,29);1H. The number of nitrogens with one attached hydrogen (secondary N) is 2. The van der Waals surface area contributed by atoms with Crippen LogP contribution in [-0.4, -0.2) is 102 Å². The summed E-state index contributed by atoms with van der Waals surface area (Å²) >= 11 is 0. The summed E-state index contributed by atoms with van der Waals surface area (Å²) in [5, 5.41) is 6.40. The van der Waals surface area contributed by atoms with E-state index in [1.165, 1.54) is 0 Å². The number of benzene rings is 1. The molecule has 1 aliphatic heterocycles. The lowest BCUT2D eigenvalue weighted by molar-refractivity contribution is -0.122. The number of nitrogens with zero attached hydrogens (tertiary/aromatic N) is 3. The molecule has 2 rings (SSSR count). The molecule has 1 heterocycles. The van der Waals surface area contributed by atoms with Gasteiger partial charge in [0.15, 0.2) is 17.5 Å². The number of carbonyl (C=O) groups is 1. The van der Waals surface area contributed by atoms with Crippen molar-refractivity contribution >= 4 is 35.8 Å². The van der Waals surface area contributed by atoms with Crippen molar-refractivity contribution in [3.8, 4) is 11.5 Å². The Morgan fingerprint density at radius 3 is 2.30 bits per heavy atom. The van der Waals surface area contributed by atoms with Gasteiger partial charge in [-0.1, -0.05) is 19.9 Å². The van der Waals surface area contributed by atoms with Crippen molar-refractivity contribution in [1.29, 1.82) is 0 Å². The minimum atomic E-state index is -0.141. The van der Waals surface area contributed by atoms with Crippen LogP contribution in [0.5, 0.6) is 11.5 Å². The topological polar surface area (TPSA) is 87.7 Å². The Morgan fingerprint density at radius 1 is 1.06 bits per heavy atom. The Hall–Kier alpha value is -1.79. The van der Waals surface area contributed by atoms with Gasteiger partial charge in [-0.2, -0.15) is 0 Å². The van der Waals surface area contributed by atoms with Crippen LogP contribution in [0.15, 0.2) is 23.2 Å². The molecule has 9 nitrogen and oxygen atoms in total. The number of carbonyl (C=O) groups excluding carboxylic acids is 1. The third kappa shape index (κ3) is 8.82. The molecule has 1 aromatic rings. The van der Waals surface area contributed by atoms with Crippen LogP contribution in [0.3, 0.4) is 0 Å². The second-order valence-corrected chi connectivity index (χ2v) is 8.46. The summed E-state index contributed by atoms with van der Waals surface area (Å²) in [6.07, 6.45) is 0. The molecule has 0 spiro atoms. The summed E-state index contributed by atoms with van der Waals surface area (Å²) in [5.41, 5.74) is 1.01. The zero-order valence-electron chi connectivity index (χ0n) is 20.8. The maximum absolute atomic E-state index is 12.0. The van der Waals surface area contributed by atoms with Crippen molar-refractivity contribution in [2.24, 2.45) is 4.99 Å². The lowest BCUT2D eigenvalue weighted by Crippen LogP contribution is -2.55. The number of halogens is 1. The highest BCUT2D eigenvalue weighted by molar-refractivity contribution is 14.0. The van der Waals surface area contributed by atoms with Gasteiger partial charge in [0.1, 0.15) is 0 Å². The van der Waals surface area contributed by atoms with Crippen LogP contribution in [-0.2, 0) is 14.9 Å². The van der Waals surface area contributed by atoms with Crippen LogP contribution in [0.1, 0.15) is 19.4 Å². The number of guanidine groups is 1. The molecule has 0 saturated carbocycles. The van der Waals surface area contributed by atoms with E-state index < -0.39 is 0 Å². The van der Waals surface area contributed by atoms with Crippen LogP contribution in [0, 0.1) is 0 Å². The lowest BCUT2D eigenvalue weighted by Gasteiger charge is -2.37. The molecular formula is C23H40IN5O4. The van der Waals surface area contributed by atoms with Gasteiger partial charge in [-0.25, -0.2) is 0 Å². The maximum atomic E-state index is 12.0. The quantitative estimate of drug-likeness (QED) is 0.189. The molecule has 2 N–H and O–H groups in total. The molecule has 0 aromatic heterocycles. The van der Waals surface area contributed by atoms with Crippen molar-refractivity contribution in [1.82, 2.24) is 20.4 Å². The second kappa shape index (κ2) is 14.5. The van der Waals surface area contributed by atoms with Gasteiger partial charge in [0, 0.05) is 58.8 Å². The monoisotopic (exact) mass is 577 g/mol. The number of amides is 1. The number of hydrogen-bond acceptors (Lipinski definition) is 6. The Balaban J connectivity index is 0.00000544. The third-order valence-corrected chi connectivity index (χ3v) is 5.73. The Bertz CT molecular complexity index is 767. The molecule has 10 heteroatoms. The molecule has 0 aliphatic carbocycles. The van der Waals surface area contributed by atoms with Crippen molar-refractivity contribution in [3.05, 3.63) is 23.8 Å². The molecule has 1 amide bonds. The van der Waals surface area contributed by atoms with Crippen LogP contribution < -0.4 is 20.1 Å². The van der Waals surface area contributed by atoms with Gasteiger partial charge in [-0.15, -0.1) is 24.0 Å². The highest BCUT2D eigenvalue weighted by atomic mass is 127. The maximum Gasteiger partial charge on any atom is 0.234 e. The van der Waals surface area contributed by atoms with Gasteiger partial charge < -0.3 is 29.7 Å². The van der Waals surface area contributed by atoms with E-state index in [-0.39, 0.29) is 35.3 Å². The fourth-order valence-electron chi connectivity index (χ4n) is 3.66. The summed E-state index contributed by atoms with van der Waals surface area (Å²) in [6.45, 7) is 9.86. The summed E-state index contributed by atoms with van der Waals surface area (Å²) < 4.78 is 15.8. The van der Waals surface area contributed by atoms with Gasteiger partial charge in [-0.3, -0.25) is 14.7 Å². The largest absolute Gasteiger partial charge is 0.493 e. The van der Waals surface area contributed by atoms with Crippen LogP contribution in [0.2, 0.25) is 0 Å². The van der Waals surface area contributed by atoms with Crippen molar-refractivity contribution in [2.75, 3.05) is 80.8 Å². The van der Waals surface area contributed by atoms with Gasteiger partial charge in [-0.05, 0) is 17.7 Å². The van der Waals surface area contributed by atoms with E-state index in [1.807, 2.05) is 12.1 Å². The van der Waals surface area contributed by atoms with E-state index >= 15 is 0 Å². The fraction of sp³-hybridized carbons (Fsp3) is 0.652. The average molecular weight is 578 g/mol. The molecule has 188 valence electrons. The average Bonchev–Trinajstić information content (AvgIpc) is 2.80. The molecule has 1 saturated heterocycles. The predicted octanol–water partition coefficient (Wildman–Crippen LogP) is 1.56. The zero-order valence-corrected chi connectivity index (χ0v) is 23.1. The summed E-state index contributed by atoms with van der Waals surface area (Å²) in [6, 6.07) is 6.04. The van der Waals surface area contributed by atoms with Crippen molar-refractivity contribution < 1.29 is 19.0 Å². The van der Waals surface area contributed by atoms with Crippen molar-refractivity contribution in [3.63, 3.8) is 0 Å². The van der Waals surface area contributed by atoms with Crippen LogP contribution in [0.4, 0.5) is 0 Å². The number of aliphatic imine (C=N–C) groups is 1. The van der Waals surface area contributed by atoms with Crippen LogP contribution in [0.25, 0.3) is 0 Å². The first-order valence-electron chi connectivity index (χ1n) is 11.0. The number of hydrogen-bond donors (Lipinski definition) is 2. The Labute approximate surface area is 215 Å². The molecular weight excluding hydrogens is 537 g/mol. The second-order valence-electron chi connectivity index (χ2n) is 8.46. The number of piperazine rings is 1. The molecule has 33 heavy (non-hydrogen) atoms. The summed E-state index contributed by atoms with van der Waals surface area (Å²) in [4.78, 5) is 20.9. The predicted molar refractivity (Wildman–Crippen MR) is 142 cm³/mol. The van der Waals surface area contributed by atoms with E-state index in [2.05, 4.69) is 45.3 Å². The van der Waals surface area contributed by atoms with E-state index in [0.717, 1.165) is 55.7 Å². The molecule has 0 unspecified atom stereocenters. The lowest BCUT2D eigenvalue weighted by atomic mass is 9.84. The highest BCUT2D eigenvalue weighted by Gasteiger charge is 2.25. The molecule has 1 aliphatic rings. The van der Waals surface area contributed by atoms with E-state index in [9.17, 15) is 4.79 Å². The van der Waals surface area contributed by atoms with Crippen LogP contribution >= 0.6 is 24.0 Å². The fourth-order valence-corrected chi connectivity index (χ4v) is 3.66. The first-order chi connectivity index (χ1) is 15.3. The molecule has 0 atom stereocenters. The van der Waals surface area contributed by atoms with E-state index in [1.54, 1.807) is 28.4 Å². The molecule has 0 radical (unpaired) electrons. The van der Waals surface area contributed by atoms with Gasteiger partial charge in [0.05, 0.1) is 27.4 Å². The number of methoxy groups -OCH3 is 3. The van der Waals surface area contributed by atoms with Gasteiger partial charge in [0.25, 0.3) is 0 Å². The van der Waals surface area contributed by atoms with Gasteiger partial charge >= 0.3 is 0 Å². The molecule has 1 fully saturated rings. The number of rotatable bonds is 10. The summed E-state index contributed by atoms with van der Waals surface area (Å²) in [7, 11) is 6.72. The zero-order chi connectivity index (χ0) is 23.6. The Kier molecular flexibility index (Phi) is 12.8. The smallest absolute Gasteiger partial charge is 0.234 e. The molecule has 1 aromatic carbocycles. The van der Waals surface area contributed by atoms with E-state index in [4.69, 9.17) is 14.2 Å². The minimum Gasteiger partial charge on any atom is -0.493 e.